The molecule has 0 radical (unpaired) electrons. The number of hydrogen-bond donors (Lipinski definition) is 0. The largest absolute Gasteiger partial charge is 0.493 e. The highest BCUT2D eigenvalue weighted by Gasteiger charge is 2.41. The molecule has 30 heavy (non-hydrogen) atoms. The van der Waals surface area contributed by atoms with Gasteiger partial charge in [-0.15, -0.1) is 0 Å². The summed E-state index contributed by atoms with van der Waals surface area (Å²) in [6.07, 6.45) is 3.80. The number of ether oxygens (including phenoxy) is 2. The maximum atomic E-state index is 12.9. The molecule has 0 aromatic heterocycles. The molecule has 2 aromatic carbocycles. The molecule has 0 spiro atoms. The molecule has 3 atom stereocenters. The van der Waals surface area contributed by atoms with Crippen LogP contribution in [0.4, 0.5) is 0 Å². The van der Waals surface area contributed by atoms with Crippen molar-refractivity contribution in [3.8, 4) is 11.5 Å². The van der Waals surface area contributed by atoms with Crippen LogP contribution < -0.4 is 9.47 Å². The van der Waals surface area contributed by atoms with Gasteiger partial charge >= 0.3 is 0 Å². The second-order valence-corrected chi connectivity index (χ2v) is 8.86. The van der Waals surface area contributed by atoms with E-state index in [0.29, 0.717) is 18.0 Å². The second kappa shape index (κ2) is 8.99. The third-order valence-electron chi connectivity index (χ3n) is 6.66. The molecule has 0 aliphatic carbocycles. The van der Waals surface area contributed by atoms with Gasteiger partial charge in [0.15, 0.2) is 11.5 Å². The van der Waals surface area contributed by atoms with Gasteiger partial charge in [0.05, 0.1) is 14.2 Å². The number of hydrogen-bond acceptors (Lipinski definition) is 4. The predicted molar refractivity (Wildman–Crippen MR) is 120 cm³/mol. The maximum absolute atomic E-state index is 12.9. The molecular weight excluding hydrogens is 398 g/mol. The molecule has 2 aliphatic rings. The lowest BCUT2D eigenvalue weighted by Gasteiger charge is -2.46. The number of fused-ring (bicyclic) bond motifs is 3. The van der Waals surface area contributed by atoms with E-state index in [9.17, 15) is 4.79 Å². The fourth-order valence-electron chi connectivity index (χ4n) is 5.02. The summed E-state index contributed by atoms with van der Waals surface area (Å²) >= 11 is 6.15. The van der Waals surface area contributed by atoms with Crippen molar-refractivity contribution in [2.45, 2.75) is 44.6 Å². The number of Topliss-reactive ketones (excluding diaryl/α,β-unsaturated/α-hetero) is 1. The number of rotatable bonds is 6. The van der Waals surface area contributed by atoms with Crippen molar-refractivity contribution in [1.29, 1.82) is 0 Å². The molecule has 1 fully saturated rings. The Labute approximate surface area is 184 Å². The highest BCUT2D eigenvalue weighted by atomic mass is 35.5. The van der Waals surface area contributed by atoms with Gasteiger partial charge in [0.2, 0.25) is 0 Å². The normalized spacial score (nSPS) is 23.6. The van der Waals surface area contributed by atoms with Gasteiger partial charge in [0.25, 0.3) is 0 Å². The topological polar surface area (TPSA) is 38.8 Å². The van der Waals surface area contributed by atoms with Crippen LogP contribution in [-0.2, 0) is 4.79 Å². The Morgan fingerprint density at radius 3 is 2.33 bits per heavy atom. The number of methoxy groups -OCH3 is 2. The van der Waals surface area contributed by atoms with Crippen molar-refractivity contribution in [1.82, 2.24) is 4.90 Å². The van der Waals surface area contributed by atoms with E-state index in [1.807, 2.05) is 12.1 Å². The minimum absolute atomic E-state index is 0.105. The number of benzene rings is 2. The first-order valence-corrected chi connectivity index (χ1v) is 11.2. The van der Waals surface area contributed by atoms with Crippen LogP contribution in [0.15, 0.2) is 36.4 Å². The fraction of sp³-hybridized carbons (Fsp3) is 0.480. The third-order valence-corrected chi connectivity index (χ3v) is 6.92. The molecular formula is C25H30ClNO3. The minimum Gasteiger partial charge on any atom is -0.493 e. The first-order valence-electron chi connectivity index (χ1n) is 10.8. The number of nitrogens with zero attached hydrogens (tertiary/aromatic N) is 1. The van der Waals surface area contributed by atoms with E-state index in [2.05, 4.69) is 36.1 Å². The molecule has 5 heteroatoms. The summed E-state index contributed by atoms with van der Waals surface area (Å²) in [6, 6.07) is 12.4. The van der Waals surface area contributed by atoms with Crippen molar-refractivity contribution in [2.24, 2.45) is 5.92 Å². The van der Waals surface area contributed by atoms with Gasteiger partial charge in [-0.25, -0.2) is 0 Å². The van der Waals surface area contributed by atoms with Crippen molar-refractivity contribution in [3.63, 3.8) is 0 Å². The number of carbonyl (C=O) groups excluding carboxylic acids is 1. The zero-order chi connectivity index (χ0) is 21.3. The van der Waals surface area contributed by atoms with E-state index in [-0.39, 0.29) is 17.9 Å². The highest BCUT2D eigenvalue weighted by Crippen LogP contribution is 2.47. The lowest BCUT2D eigenvalue weighted by atomic mass is 9.76. The molecule has 0 bridgehead atoms. The van der Waals surface area contributed by atoms with E-state index < -0.39 is 0 Å². The number of ketones is 1. The average Bonchev–Trinajstić information content (AvgIpc) is 2.77. The van der Waals surface area contributed by atoms with Gasteiger partial charge in [-0.1, -0.05) is 43.5 Å². The Bertz CT molecular complexity index is 911. The first kappa shape index (κ1) is 21.2. The molecule has 0 saturated carbocycles. The van der Waals surface area contributed by atoms with Crippen molar-refractivity contribution in [2.75, 3.05) is 27.3 Å². The summed E-state index contributed by atoms with van der Waals surface area (Å²) in [6.45, 7) is 3.91. The molecule has 0 amide bonds. The number of carbonyl (C=O) groups is 1. The van der Waals surface area contributed by atoms with Gasteiger partial charge in [0, 0.05) is 42.4 Å². The van der Waals surface area contributed by atoms with E-state index in [1.54, 1.807) is 14.2 Å². The lowest BCUT2D eigenvalue weighted by molar-refractivity contribution is -0.129. The molecule has 3 unspecified atom stereocenters. The van der Waals surface area contributed by atoms with E-state index in [0.717, 1.165) is 43.1 Å². The first-order chi connectivity index (χ1) is 14.5. The van der Waals surface area contributed by atoms with Crippen LogP contribution in [0.3, 0.4) is 0 Å². The second-order valence-electron chi connectivity index (χ2n) is 8.42. The molecule has 0 N–H and O–H groups in total. The van der Waals surface area contributed by atoms with Gasteiger partial charge in [0.1, 0.15) is 5.78 Å². The minimum atomic E-state index is 0.105. The Morgan fingerprint density at radius 2 is 1.70 bits per heavy atom. The van der Waals surface area contributed by atoms with Gasteiger partial charge in [-0.05, 0) is 47.4 Å². The monoisotopic (exact) mass is 427 g/mol. The zero-order valence-electron chi connectivity index (χ0n) is 18.0. The van der Waals surface area contributed by atoms with Gasteiger partial charge < -0.3 is 9.47 Å². The van der Waals surface area contributed by atoms with Crippen molar-refractivity contribution >= 4 is 17.4 Å². The number of unbranched alkanes of at least 4 members (excludes halogenated alkanes) is 1. The molecule has 160 valence electrons. The summed E-state index contributed by atoms with van der Waals surface area (Å²) in [5, 5.41) is 0.739. The Hall–Kier alpha value is -2.04. The van der Waals surface area contributed by atoms with E-state index >= 15 is 0 Å². The third kappa shape index (κ3) is 3.95. The standard InChI is InChI=1S/C25H30ClNO3/c1-4-5-6-17-14-27-15-21(16-7-9-18(26)10-8-16)19-11-24(29-2)25(30-3)12-20(19)22(27)13-23(17)28/h7-12,17,21-22H,4-6,13-15H2,1-3H3. The molecule has 2 aromatic rings. The smallest absolute Gasteiger partial charge is 0.161 e. The van der Waals surface area contributed by atoms with Gasteiger partial charge in [-0.3, -0.25) is 9.69 Å². The Balaban J connectivity index is 1.77. The van der Waals surface area contributed by atoms with E-state index in [1.165, 1.54) is 16.7 Å². The molecule has 4 nitrogen and oxygen atoms in total. The summed E-state index contributed by atoms with van der Waals surface area (Å²) in [7, 11) is 3.33. The SMILES string of the molecule is CCCCC1CN2CC(c3ccc(Cl)cc3)c3cc(OC)c(OC)cc3C2CC1=O. The quantitative estimate of drug-likeness (QED) is 0.599. The lowest BCUT2D eigenvalue weighted by Crippen LogP contribution is -2.47. The predicted octanol–water partition coefficient (Wildman–Crippen LogP) is 5.63. The van der Waals surface area contributed by atoms with Crippen LogP contribution in [0.2, 0.25) is 5.02 Å². The number of halogens is 1. The van der Waals surface area contributed by atoms with Gasteiger partial charge in [-0.2, -0.15) is 0 Å². The fourth-order valence-corrected chi connectivity index (χ4v) is 5.15. The van der Waals surface area contributed by atoms with Crippen molar-refractivity contribution in [3.05, 3.63) is 58.1 Å². The summed E-state index contributed by atoms with van der Waals surface area (Å²) in [5.41, 5.74) is 3.63. The maximum Gasteiger partial charge on any atom is 0.161 e. The van der Waals surface area contributed by atoms with Crippen LogP contribution in [0, 0.1) is 5.92 Å². The molecule has 1 saturated heterocycles. The van der Waals surface area contributed by atoms with Crippen LogP contribution in [0.1, 0.15) is 61.3 Å². The van der Waals surface area contributed by atoms with Crippen LogP contribution in [0.5, 0.6) is 11.5 Å². The van der Waals surface area contributed by atoms with Crippen LogP contribution >= 0.6 is 11.6 Å². The molecule has 4 rings (SSSR count). The number of piperidine rings is 1. The Morgan fingerprint density at radius 1 is 1.03 bits per heavy atom. The summed E-state index contributed by atoms with van der Waals surface area (Å²) < 4.78 is 11.2. The molecule has 2 aliphatic heterocycles. The Kier molecular flexibility index (Phi) is 6.35. The van der Waals surface area contributed by atoms with Crippen molar-refractivity contribution < 1.29 is 14.3 Å². The highest BCUT2D eigenvalue weighted by molar-refractivity contribution is 6.30. The van der Waals surface area contributed by atoms with E-state index in [4.69, 9.17) is 21.1 Å². The molecule has 2 heterocycles. The summed E-state index contributed by atoms with van der Waals surface area (Å²) in [5.74, 6) is 2.19. The average molecular weight is 428 g/mol. The van der Waals surface area contributed by atoms with Crippen LogP contribution in [-0.4, -0.2) is 38.0 Å². The zero-order valence-corrected chi connectivity index (χ0v) is 18.7. The summed E-state index contributed by atoms with van der Waals surface area (Å²) in [4.78, 5) is 15.4. The van der Waals surface area contributed by atoms with Crippen LogP contribution in [0.25, 0.3) is 0 Å².